The zero-order chi connectivity index (χ0) is 16.7. The molecule has 0 aromatic carbocycles. The molecule has 2 aliphatic heterocycles. The highest BCUT2D eigenvalue weighted by atomic mass is 15.3. The minimum absolute atomic E-state index is 0.656. The second-order valence-corrected chi connectivity index (χ2v) is 7.44. The Bertz CT molecular complexity index is 354. The summed E-state index contributed by atoms with van der Waals surface area (Å²) in [5, 5.41) is 3.60. The highest BCUT2D eigenvalue weighted by Gasteiger charge is 2.20. The molecular formula is C18H37N5. The second kappa shape index (κ2) is 9.48. The SMILES string of the molecule is CCN1CCN(CC(C)CNC(=NC)N2CCC(C)CC2)CC1. The van der Waals surface area contributed by atoms with E-state index >= 15 is 0 Å². The Morgan fingerprint density at radius 3 is 2.26 bits per heavy atom. The van der Waals surface area contributed by atoms with Gasteiger partial charge < -0.3 is 20.0 Å². The standard InChI is InChI=1S/C18H37N5/c1-5-21-10-12-22(13-11-21)15-17(3)14-20-18(19-4)23-8-6-16(2)7-9-23/h16-17H,5-15H2,1-4H3,(H,19,20). The maximum Gasteiger partial charge on any atom is 0.193 e. The lowest BCUT2D eigenvalue weighted by Gasteiger charge is -2.36. The molecule has 1 unspecified atom stereocenters. The molecule has 1 atom stereocenters. The fourth-order valence-corrected chi connectivity index (χ4v) is 3.61. The van der Waals surface area contributed by atoms with E-state index in [9.17, 15) is 0 Å². The number of nitrogens with zero attached hydrogens (tertiary/aromatic N) is 4. The molecule has 1 N–H and O–H groups in total. The molecule has 0 aliphatic carbocycles. The van der Waals surface area contributed by atoms with Crippen LogP contribution in [0, 0.1) is 11.8 Å². The van der Waals surface area contributed by atoms with Gasteiger partial charge in [-0.15, -0.1) is 0 Å². The average Bonchev–Trinajstić information content (AvgIpc) is 2.57. The number of likely N-dealkylation sites (tertiary alicyclic amines) is 1. The van der Waals surface area contributed by atoms with Crippen molar-refractivity contribution in [2.24, 2.45) is 16.8 Å². The molecule has 2 saturated heterocycles. The smallest absolute Gasteiger partial charge is 0.193 e. The molecule has 5 nitrogen and oxygen atoms in total. The number of hydrogen-bond acceptors (Lipinski definition) is 3. The highest BCUT2D eigenvalue weighted by molar-refractivity contribution is 5.79. The van der Waals surface area contributed by atoms with Gasteiger partial charge in [-0.3, -0.25) is 4.99 Å². The van der Waals surface area contributed by atoms with E-state index in [0.717, 1.165) is 31.5 Å². The van der Waals surface area contributed by atoms with Gasteiger partial charge in [0.05, 0.1) is 0 Å². The molecule has 0 amide bonds. The van der Waals surface area contributed by atoms with Crippen LogP contribution in [-0.2, 0) is 0 Å². The lowest BCUT2D eigenvalue weighted by Crippen LogP contribution is -2.49. The maximum absolute atomic E-state index is 4.49. The summed E-state index contributed by atoms with van der Waals surface area (Å²) >= 11 is 0. The van der Waals surface area contributed by atoms with Crippen molar-refractivity contribution in [3.05, 3.63) is 0 Å². The molecule has 5 heteroatoms. The minimum Gasteiger partial charge on any atom is -0.356 e. The first-order valence-electron chi connectivity index (χ1n) is 9.52. The number of rotatable bonds is 5. The molecule has 0 radical (unpaired) electrons. The van der Waals surface area contributed by atoms with Crippen molar-refractivity contribution in [3.63, 3.8) is 0 Å². The van der Waals surface area contributed by atoms with Gasteiger partial charge in [-0.25, -0.2) is 0 Å². The van der Waals surface area contributed by atoms with E-state index in [1.807, 2.05) is 7.05 Å². The monoisotopic (exact) mass is 323 g/mol. The van der Waals surface area contributed by atoms with E-state index in [-0.39, 0.29) is 0 Å². The molecule has 2 aliphatic rings. The summed E-state index contributed by atoms with van der Waals surface area (Å²) in [6.07, 6.45) is 2.58. The first-order chi connectivity index (χ1) is 11.1. The molecular weight excluding hydrogens is 286 g/mol. The number of likely N-dealkylation sites (N-methyl/N-ethyl adjacent to an activating group) is 1. The Kier molecular flexibility index (Phi) is 7.63. The number of aliphatic imine (C=N–C) groups is 1. The van der Waals surface area contributed by atoms with Gasteiger partial charge in [-0.05, 0) is 31.2 Å². The van der Waals surface area contributed by atoms with Crippen molar-refractivity contribution in [2.75, 3.05) is 66.0 Å². The highest BCUT2D eigenvalue weighted by Crippen LogP contribution is 2.16. The van der Waals surface area contributed by atoms with Gasteiger partial charge in [0.1, 0.15) is 0 Å². The number of piperazine rings is 1. The molecule has 0 aromatic rings. The largest absolute Gasteiger partial charge is 0.356 e. The molecule has 0 saturated carbocycles. The molecule has 134 valence electrons. The van der Waals surface area contributed by atoms with Gasteiger partial charge in [-0.2, -0.15) is 0 Å². The minimum atomic E-state index is 0.656. The van der Waals surface area contributed by atoms with Crippen LogP contribution in [0.1, 0.15) is 33.6 Å². The number of piperidine rings is 1. The van der Waals surface area contributed by atoms with Crippen molar-refractivity contribution < 1.29 is 0 Å². The van der Waals surface area contributed by atoms with E-state index in [1.54, 1.807) is 0 Å². The van der Waals surface area contributed by atoms with Gasteiger partial charge in [0.25, 0.3) is 0 Å². The fraction of sp³-hybridized carbons (Fsp3) is 0.944. The summed E-state index contributed by atoms with van der Waals surface area (Å²) in [6, 6.07) is 0. The van der Waals surface area contributed by atoms with Crippen molar-refractivity contribution in [1.29, 1.82) is 0 Å². The fourth-order valence-electron chi connectivity index (χ4n) is 3.61. The third-order valence-electron chi connectivity index (χ3n) is 5.39. The Morgan fingerprint density at radius 1 is 1.09 bits per heavy atom. The summed E-state index contributed by atoms with van der Waals surface area (Å²) in [6.45, 7) is 17.6. The molecule has 0 spiro atoms. The summed E-state index contributed by atoms with van der Waals surface area (Å²) in [7, 11) is 1.91. The van der Waals surface area contributed by atoms with Gasteiger partial charge >= 0.3 is 0 Å². The summed E-state index contributed by atoms with van der Waals surface area (Å²) < 4.78 is 0. The predicted molar refractivity (Wildman–Crippen MR) is 99.1 cm³/mol. The van der Waals surface area contributed by atoms with Crippen LogP contribution in [0.4, 0.5) is 0 Å². The molecule has 0 aromatic heterocycles. The van der Waals surface area contributed by atoms with E-state index in [1.165, 1.54) is 52.1 Å². The first kappa shape index (κ1) is 18.5. The van der Waals surface area contributed by atoms with E-state index in [0.29, 0.717) is 5.92 Å². The van der Waals surface area contributed by atoms with Crippen molar-refractivity contribution in [2.45, 2.75) is 33.6 Å². The quantitative estimate of drug-likeness (QED) is 0.615. The van der Waals surface area contributed by atoms with Crippen LogP contribution >= 0.6 is 0 Å². The van der Waals surface area contributed by atoms with E-state index in [4.69, 9.17) is 0 Å². The molecule has 23 heavy (non-hydrogen) atoms. The van der Waals surface area contributed by atoms with Crippen LogP contribution in [0.25, 0.3) is 0 Å². The van der Waals surface area contributed by atoms with Crippen LogP contribution in [0.15, 0.2) is 4.99 Å². The van der Waals surface area contributed by atoms with Crippen LogP contribution < -0.4 is 5.32 Å². The first-order valence-corrected chi connectivity index (χ1v) is 9.52. The Hall–Kier alpha value is -0.810. The molecule has 2 fully saturated rings. The van der Waals surface area contributed by atoms with E-state index < -0.39 is 0 Å². The Labute approximate surface area is 143 Å². The van der Waals surface area contributed by atoms with Crippen molar-refractivity contribution >= 4 is 5.96 Å². The van der Waals surface area contributed by atoms with Gasteiger partial charge in [0.2, 0.25) is 0 Å². The Balaban J connectivity index is 1.67. The van der Waals surface area contributed by atoms with Gasteiger partial charge in [-0.1, -0.05) is 20.8 Å². The molecule has 2 rings (SSSR count). The van der Waals surface area contributed by atoms with Crippen molar-refractivity contribution in [1.82, 2.24) is 20.0 Å². The normalized spacial score (nSPS) is 24.0. The molecule has 0 bridgehead atoms. The third-order valence-corrected chi connectivity index (χ3v) is 5.39. The van der Waals surface area contributed by atoms with Crippen LogP contribution in [0.5, 0.6) is 0 Å². The third kappa shape index (κ3) is 5.96. The molecule has 2 heterocycles. The van der Waals surface area contributed by atoms with Gasteiger partial charge in [0, 0.05) is 59.4 Å². The van der Waals surface area contributed by atoms with Crippen LogP contribution in [0.3, 0.4) is 0 Å². The van der Waals surface area contributed by atoms with Crippen LogP contribution in [0.2, 0.25) is 0 Å². The lowest BCUT2D eigenvalue weighted by molar-refractivity contribution is 0.124. The topological polar surface area (TPSA) is 34.1 Å². The Morgan fingerprint density at radius 2 is 1.70 bits per heavy atom. The predicted octanol–water partition coefficient (Wildman–Crippen LogP) is 1.57. The maximum atomic E-state index is 4.49. The van der Waals surface area contributed by atoms with E-state index in [2.05, 4.69) is 45.8 Å². The number of hydrogen-bond donors (Lipinski definition) is 1. The average molecular weight is 324 g/mol. The number of guanidine groups is 1. The van der Waals surface area contributed by atoms with Gasteiger partial charge in [0.15, 0.2) is 5.96 Å². The number of nitrogens with one attached hydrogen (secondary N) is 1. The summed E-state index contributed by atoms with van der Waals surface area (Å²) in [4.78, 5) is 12.1. The zero-order valence-corrected chi connectivity index (χ0v) is 15.7. The summed E-state index contributed by atoms with van der Waals surface area (Å²) in [5.41, 5.74) is 0. The second-order valence-electron chi connectivity index (χ2n) is 7.44. The zero-order valence-electron chi connectivity index (χ0n) is 15.7. The summed E-state index contributed by atoms with van der Waals surface area (Å²) in [5.74, 6) is 2.62. The van der Waals surface area contributed by atoms with Crippen molar-refractivity contribution in [3.8, 4) is 0 Å². The lowest BCUT2D eigenvalue weighted by atomic mass is 9.99. The van der Waals surface area contributed by atoms with Crippen LogP contribution in [-0.4, -0.2) is 86.6 Å².